The van der Waals surface area contributed by atoms with E-state index in [0.29, 0.717) is 4.90 Å². The van der Waals surface area contributed by atoms with Crippen molar-refractivity contribution >= 4 is 40.8 Å². The number of halogens is 1. The predicted molar refractivity (Wildman–Crippen MR) is 90.9 cm³/mol. The van der Waals surface area contributed by atoms with Crippen LogP contribution in [0.1, 0.15) is 20.7 Å². The molecule has 0 fully saturated rings. The van der Waals surface area contributed by atoms with Crippen LogP contribution >= 0.6 is 23.4 Å². The first-order valence-electron chi connectivity index (χ1n) is 6.71. The lowest BCUT2D eigenvalue weighted by molar-refractivity contribution is -0.387. The second-order valence-corrected chi connectivity index (χ2v) is 5.88. The van der Waals surface area contributed by atoms with Crippen LogP contribution in [0, 0.1) is 10.1 Å². The molecule has 8 heteroatoms. The van der Waals surface area contributed by atoms with Gasteiger partial charge in [0.2, 0.25) is 5.78 Å². The van der Waals surface area contributed by atoms with E-state index in [2.05, 4.69) is 0 Å². The van der Waals surface area contributed by atoms with Gasteiger partial charge in [-0.05, 0) is 30.5 Å². The molecule has 0 aliphatic rings. The van der Waals surface area contributed by atoms with Gasteiger partial charge in [0, 0.05) is 11.6 Å². The van der Waals surface area contributed by atoms with Crippen molar-refractivity contribution in [2.75, 3.05) is 12.9 Å². The lowest BCUT2D eigenvalue weighted by Crippen LogP contribution is -2.14. The lowest BCUT2D eigenvalue weighted by Gasteiger charge is -2.06. The van der Waals surface area contributed by atoms with Crippen molar-refractivity contribution in [2.24, 2.45) is 0 Å². The zero-order valence-corrected chi connectivity index (χ0v) is 14.1. The van der Waals surface area contributed by atoms with E-state index in [1.54, 1.807) is 24.5 Å². The molecule has 0 bridgehead atoms. The Labute approximate surface area is 146 Å². The molecule has 124 valence electrons. The minimum absolute atomic E-state index is 0.00598. The largest absolute Gasteiger partial charge is 0.454 e. The summed E-state index contributed by atoms with van der Waals surface area (Å²) >= 11 is 7.10. The van der Waals surface area contributed by atoms with Crippen molar-refractivity contribution in [3.63, 3.8) is 0 Å². The van der Waals surface area contributed by atoms with Crippen LogP contribution in [-0.2, 0) is 4.74 Å². The number of nitro benzene ring substituents is 1. The van der Waals surface area contributed by atoms with E-state index < -0.39 is 23.3 Å². The van der Waals surface area contributed by atoms with E-state index >= 15 is 0 Å². The SMILES string of the molecule is CSc1ccc(C(=O)OCC(=O)c2ccccc2Cl)cc1[N+](=O)[O-]. The van der Waals surface area contributed by atoms with Crippen molar-refractivity contribution in [3.05, 3.63) is 68.7 Å². The zero-order valence-electron chi connectivity index (χ0n) is 12.5. The molecule has 0 aliphatic carbocycles. The maximum absolute atomic E-state index is 12.0. The van der Waals surface area contributed by atoms with Crippen molar-refractivity contribution in [1.82, 2.24) is 0 Å². The Morgan fingerprint density at radius 3 is 2.58 bits per heavy atom. The summed E-state index contributed by atoms with van der Waals surface area (Å²) in [5.74, 6) is -1.27. The molecule has 0 unspecified atom stereocenters. The van der Waals surface area contributed by atoms with Crippen LogP contribution in [0.5, 0.6) is 0 Å². The van der Waals surface area contributed by atoms with E-state index in [4.69, 9.17) is 16.3 Å². The molecule has 0 aromatic heterocycles. The van der Waals surface area contributed by atoms with Crippen molar-refractivity contribution < 1.29 is 19.2 Å². The molecule has 0 atom stereocenters. The third-order valence-electron chi connectivity index (χ3n) is 3.12. The number of ketones is 1. The van der Waals surface area contributed by atoms with E-state index in [0.717, 1.165) is 6.07 Å². The molecule has 0 saturated carbocycles. The molecular formula is C16H12ClNO5S. The number of carbonyl (C=O) groups is 2. The van der Waals surface area contributed by atoms with Crippen LogP contribution in [0.4, 0.5) is 5.69 Å². The third kappa shape index (κ3) is 4.12. The van der Waals surface area contributed by atoms with Crippen LogP contribution in [0.3, 0.4) is 0 Å². The normalized spacial score (nSPS) is 10.2. The third-order valence-corrected chi connectivity index (χ3v) is 4.23. The number of thioether (sulfide) groups is 1. The number of hydrogen-bond acceptors (Lipinski definition) is 6. The summed E-state index contributed by atoms with van der Waals surface area (Å²) < 4.78 is 4.93. The summed E-state index contributed by atoms with van der Waals surface area (Å²) in [6.45, 7) is -0.499. The molecule has 0 saturated heterocycles. The van der Waals surface area contributed by atoms with E-state index in [9.17, 15) is 19.7 Å². The molecule has 2 aromatic rings. The second-order valence-electron chi connectivity index (χ2n) is 4.62. The van der Waals surface area contributed by atoms with Crippen LogP contribution in [0.15, 0.2) is 47.4 Å². The zero-order chi connectivity index (χ0) is 17.7. The van der Waals surface area contributed by atoms with E-state index in [1.807, 2.05) is 0 Å². The molecule has 0 aliphatic heterocycles. The molecule has 0 heterocycles. The maximum Gasteiger partial charge on any atom is 0.338 e. The van der Waals surface area contributed by atoms with Crippen molar-refractivity contribution in [3.8, 4) is 0 Å². The van der Waals surface area contributed by atoms with Crippen LogP contribution < -0.4 is 0 Å². The average molecular weight is 366 g/mol. The Balaban J connectivity index is 2.10. The van der Waals surface area contributed by atoms with Gasteiger partial charge >= 0.3 is 5.97 Å². The number of benzene rings is 2. The monoisotopic (exact) mass is 365 g/mol. The molecular weight excluding hydrogens is 354 g/mol. The maximum atomic E-state index is 12.0. The van der Waals surface area contributed by atoms with Crippen LogP contribution in [0.2, 0.25) is 5.02 Å². The van der Waals surface area contributed by atoms with Gasteiger partial charge in [0.25, 0.3) is 5.69 Å². The first-order valence-corrected chi connectivity index (χ1v) is 8.31. The fraction of sp³-hybridized carbons (Fsp3) is 0.125. The Bertz CT molecular complexity index is 809. The predicted octanol–water partition coefficient (Wildman–Crippen LogP) is 4.01. The summed E-state index contributed by atoms with van der Waals surface area (Å²) in [5, 5.41) is 11.3. The van der Waals surface area contributed by atoms with Gasteiger partial charge in [0.15, 0.2) is 6.61 Å². The second kappa shape index (κ2) is 7.94. The molecule has 0 spiro atoms. The highest BCUT2D eigenvalue weighted by Gasteiger charge is 2.19. The van der Waals surface area contributed by atoms with Gasteiger partial charge in [-0.15, -0.1) is 11.8 Å². The number of nitro groups is 1. The lowest BCUT2D eigenvalue weighted by atomic mass is 10.1. The minimum atomic E-state index is -0.814. The number of hydrogen-bond donors (Lipinski definition) is 0. The minimum Gasteiger partial charge on any atom is -0.454 e. The Morgan fingerprint density at radius 1 is 1.25 bits per heavy atom. The average Bonchev–Trinajstić information content (AvgIpc) is 2.59. The van der Waals surface area contributed by atoms with Crippen LogP contribution in [0.25, 0.3) is 0 Å². The summed E-state index contributed by atoms with van der Waals surface area (Å²) in [6, 6.07) is 10.4. The molecule has 0 N–H and O–H groups in total. The highest BCUT2D eigenvalue weighted by molar-refractivity contribution is 7.98. The van der Waals surface area contributed by atoms with Gasteiger partial charge in [0.05, 0.1) is 20.4 Å². The Morgan fingerprint density at radius 2 is 1.96 bits per heavy atom. The number of Topliss-reactive ketones (excluding diaryl/α,β-unsaturated/α-hetero) is 1. The van der Waals surface area contributed by atoms with Gasteiger partial charge in [0.1, 0.15) is 0 Å². The summed E-state index contributed by atoms with van der Waals surface area (Å²) in [5.41, 5.74) is 0.0662. The number of ether oxygens (including phenoxy) is 1. The summed E-state index contributed by atoms with van der Waals surface area (Å²) in [7, 11) is 0. The fourth-order valence-corrected chi connectivity index (χ4v) is 2.73. The Hall–Kier alpha value is -2.38. The highest BCUT2D eigenvalue weighted by atomic mass is 35.5. The molecule has 6 nitrogen and oxygen atoms in total. The topological polar surface area (TPSA) is 86.5 Å². The first kappa shape index (κ1) is 18.0. The number of rotatable bonds is 6. The first-order chi connectivity index (χ1) is 11.4. The Kier molecular flexibility index (Phi) is 5.94. The van der Waals surface area contributed by atoms with Gasteiger partial charge in [-0.3, -0.25) is 14.9 Å². The van der Waals surface area contributed by atoms with E-state index in [1.165, 1.54) is 30.0 Å². The quantitative estimate of drug-likeness (QED) is 0.253. The van der Waals surface area contributed by atoms with E-state index in [-0.39, 0.29) is 21.8 Å². The van der Waals surface area contributed by atoms with Crippen molar-refractivity contribution in [1.29, 1.82) is 0 Å². The number of nitrogens with zero attached hydrogens (tertiary/aromatic N) is 1. The van der Waals surface area contributed by atoms with Crippen LogP contribution in [-0.4, -0.2) is 29.5 Å². The smallest absolute Gasteiger partial charge is 0.338 e. The van der Waals surface area contributed by atoms with Crippen molar-refractivity contribution in [2.45, 2.75) is 4.90 Å². The highest BCUT2D eigenvalue weighted by Crippen LogP contribution is 2.28. The van der Waals surface area contributed by atoms with Gasteiger partial charge in [-0.2, -0.15) is 0 Å². The standard InChI is InChI=1S/C16H12ClNO5S/c1-24-15-7-6-10(8-13(15)18(21)22)16(20)23-9-14(19)11-4-2-3-5-12(11)17/h2-8H,9H2,1H3. The molecule has 0 amide bonds. The molecule has 24 heavy (non-hydrogen) atoms. The van der Waals surface area contributed by atoms with Gasteiger partial charge in [-0.25, -0.2) is 4.79 Å². The van der Waals surface area contributed by atoms with Gasteiger partial charge < -0.3 is 4.74 Å². The number of esters is 1. The summed E-state index contributed by atoms with van der Waals surface area (Å²) in [6.07, 6.45) is 1.70. The molecule has 2 rings (SSSR count). The number of carbonyl (C=O) groups excluding carboxylic acids is 2. The van der Waals surface area contributed by atoms with Gasteiger partial charge in [-0.1, -0.05) is 23.7 Å². The fourth-order valence-electron chi connectivity index (χ4n) is 1.94. The molecule has 0 radical (unpaired) electrons. The molecule has 2 aromatic carbocycles. The summed E-state index contributed by atoms with van der Waals surface area (Å²) in [4.78, 5) is 34.9.